The summed E-state index contributed by atoms with van der Waals surface area (Å²) in [4.78, 5) is 13.7. The van der Waals surface area contributed by atoms with E-state index in [-0.39, 0.29) is 22.5 Å². The van der Waals surface area contributed by atoms with Crippen molar-refractivity contribution in [3.05, 3.63) is 23.5 Å². The van der Waals surface area contributed by atoms with Crippen LogP contribution in [0, 0.1) is 11.2 Å². The molecule has 1 aromatic carbocycles. The lowest BCUT2D eigenvalue weighted by molar-refractivity contribution is 0.0602. The highest BCUT2D eigenvalue weighted by Crippen LogP contribution is 2.40. The molecule has 0 unspecified atom stereocenters. The second kappa shape index (κ2) is 5.92. The van der Waals surface area contributed by atoms with E-state index in [1.807, 2.05) is 4.90 Å². The molecule has 0 saturated carbocycles. The number of carbonyl (C=O) groups is 1. The Bertz CT molecular complexity index is 541. The van der Waals surface area contributed by atoms with Crippen molar-refractivity contribution in [3.63, 3.8) is 0 Å². The number of rotatable bonds is 4. The van der Waals surface area contributed by atoms with Crippen molar-refractivity contribution in [3.8, 4) is 0 Å². The van der Waals surface area contributed by atoms with E-state index < -0.39 is 5.97 Å². The zero-order valence-electron chi connectivity index (χ0n) is 12.9. The molecule has 0 atom stereocenters. The van der Waals surface area contributed by atoms with Crippen LogP contribution in [-0.2, 0) is 4.74 Å². The minimum Gasteiger partial charge on any atom is -0.465 e. The SMILES string of the molecule is CCC1(CC)CCN(c2cc(C(=O)OC)c(N)cc2F)C1. The second-order valence-electron chi connectivity index (χ2n) is 5.76. The number of hydrogen-bond donors (Lipinski definition) is 1. The van der Waals surface area contributed by atoms with Gasteiger partial charge in [0.05, 0.1) is 18.4 Å². The van der Waals surface area contributed by atoms with E-state index in [0.717, 1.165) is 32.4 Å². The number of anilines is 2. The first-order valence-electron chi connectivity index (χ1n) is 7.38. The number of hydrogen-bond acceptors (Lipinski definition) is 4. The Morgan fingerprint density at radius 2 is 2.10 bits per heavy atom. The minimum absolute atomic E-state index is 0.111. The van der Waals surface area contributed by atoms with E-state index in [0.29, 0.717) is 5.69 Å². The van der Waals surface area contributed by atoms with E-state index in [1.54, 1.807) is 0 Å². The van der Waals surface area contributed by atoms with Crippen molar-refractivity contribution < 1.29 is 13.9 Å². The molecule has 0 bridgehead atoms. The van der Waals surface area contributed by atoms with Gasteiger partial charge < -0.3 is 15.4 Å². The molecule has 2 N–H and O–H groups in total. The van der Waals surface area contributed by atoms with Crippen LogP contribution in [0.3, 0.4) is 0 Å². The topological polar surface area (TPSA) is 55.6 Å². The molecule has 1 aliphatic heterocycles. The number of halogens is 1. The number of benzene rings is 1. The fourth-order valence-electron chi connectivity index (χ4n) is 3.07. The fraction of sp³-hybridized carbons (Fsp3) is 0.562. The standard InChI is InChI=1S/C16H23FN2O2/c1-4-16(5-2)6-7-19(10-16)14-8-11(15(20)21-3)13(18)9-12(14)17/h8-9H,4-7,10,18H2,1-3H3. The Balaban J connectivity index is 2.35. The monoisotopic (exact) mass is 294 g/mol. The van der Waals surface area contributed by atoms with Crippen molar-refractivity contribution in [1.82, 2.24) is 0 Å². The Labute approximate surface area is 125 Å². The molecule has 1 aliphatic rings. The molecule has 2 rings (SSSR count). The van der Waals surface area contributed by atoms with Gasteiger partial charge in [0.1, 0.15) is 5.82 Å². The molecule has 0 radical (unpaired) electrons. The Hall–Kier alpha value is -1.78. The predicted octanol–water partition coefficient (Wildman–Crippen LogP) is 3.21. The van der Waals surface area contributed by atoms with E-state index in [2.05, 4.69) is 13.8 Å². The van der Waals surface area contributed by atoms with E-state index in [1.165, 1.54) is 19.2 Å². The minimum atomic E-state index is -0.537. The Morgan fingerprint density at radius 3 is 2.62 bits per heavy atom. The molecule has 1 saturated heterocycles. The molecule has 4 nitrogen and oxygen atoms in total. The van der Waals surface area contributed by atoms with Gasteiger partial charge in [0.2, 0.25) is 0 Å². The second-order valence-corrected chi connectivity index (χ2v) is 5.76. The fourth-order valence-corrected chi connectivity index (χ4v) is 3.07. The molecule has 1 heterocycles. The number of nitrogens with zero attached hydrogens (tertiary/aromatic N) is 1. The first-order valence-corrected chi connectivity index (χ1v) is 7.38. The first-order chi connectivity index (χ1) is 9.96. The molecular weight excluding hydrogens is 271 g/mol. The highest BCUT2D eigenvalue weighted by molar-refractivity contribution is 5.96. The maximum absolute atomic E-state index is 14.2. The van der Waals surface area contributed by atoms with Crippen molar-refractivity contribution in [1.29, 1.82) is 0 Å². The van der Waals surface area contributed by atoms with Gasteiger partial charge in [0.15, 0.2) is 0 Å². The van der Waals surface area contributed by atoms with Crippen LogP contribution in [0.2, 0.25) is 0 Å². The third-order valence-corrected chi connectivity index (χ3v) is 4.80. The summed E-state index contributed by atoms with van der Waals surface area (Å²) < 4.78 is 18.9. The van der Waals surface area contributed by atoms with E-state index >= 15 is 0 Å². The first kappa shape index (κ1) is 15.6. The van der Waals surface area contributed by atoms with Gasteiger partial charge in [-0.1, -0.05) is 13.8 Å². The summed E-state index contributed by atoms with van der Waals surface area (Å²) >= 11 is 0. The van der Waals surface area contributed by atoms with Crippen LogP contribution in [-0.4, -0.2) is 26.2 Å². The van der Waals surface area contributed by atoms with Gasteiger partial charge in [-0.05, 0) is 36.8 Å². The maximum atomic E-state index is 14.2. The lowest BCUT2D eigenvalue weighted by Gasteiger charge is -2.27. The molecule has 21 heavy (non-hydrogen) atoms. The van der Waals surface area contributed by atoms with Crippen molar-refractivity contribution >= 4 is 17.3 Å². The van der Waals surface area contributed by atoms with Gasteiger partial charge in [-0.3, -0.25) is 0 Å². The maximum Gasteiger partial charge on any atom is 0.340 e. The van der Waals surface area contributed by atoms with Gasteiger partial charge in [-0.25, -0.2) is 9.18 Å². The molecule has 0 aromatic heterocycles. The quantitative estimate of drug-likeness (QED) is 0.684. The predicted molar refractivity (Wildman–Crippen MR) is 82.0 cm³/mol. The molecule has 116 valence electrons. The zero-order valence-corrected chi connectivity index (χ0v) is 12.9. The third kappa shape index (κ3) is 2.82. The van der Waals surface area contributed by atoms with Gasteiger partial charge in [0.25, 0.3) is 0 Å². The lowest BCUT2D eigenvalue weighted by Crippen LogP contribution is -2.27. The average Bonchev–Trinajstić information content (AvgIpc) is 2.91. The lowest BCUT2D eigenvalue weighted by atomic mass is 9.82. The Kier molecular flexibility index (Phi) is 4.40. The molecule has 0 spiro atoms. The largest absolute Gasteiger partial charge is 0.465 e. The van der Waals surface area contributed by atoms with Gasteiger partial charge in [0, 0.05) is 18.8 Å². The zero-order chi connectivity index (χ0) is 15.6. The normalized spacial score (nSPS) is 17.0. The average molecular weight is 294 g/mol. The van der Waals surface area contributed by atoms with Gasteiger partial charge >= 0.3 is 5.97 Å². The summed E-state index contributed by atoms with van der Waals surface area (Å²) in [6, 6.07) is 2.72. The van der Waals surface area contributed by atoms with Crippen LogP contribution in [0.5, 0.6) is 0 Å². The highest BCUT2D eigenvalue weighted by atomic mass is 19.1. The number of ether oxygens (including phenoxy) is 1. The summed E-state index contributed by atoms with van der Waals surface area (Å²) in [5, 5.41) is 0. The smallest absolute Gasteiger partial charge is 0.340 e. The number of nitrogens with two attached hydrogens (primary N) is 1. The number of esters is 1. The summed E-state index contributed by atoms with van der Waals surface area (Å²) in [5.74, 6) is -0.923. The number of methoxy groups -OCH3 is 1. The van der Waals surface area contributed by atoms with Crippen molar-refractivity contribution in [2.45, 2.75) is 33.1 Å². The summed E-state index contributed by atoms with van der Waals surface area (Å²) in [7, 11) is 1.29. The van der Waals surface area contributed by atoms with Gasteiger partial charge in [-0.2, -0.15) is 0 Å². The molecule has 0 amide bonds. The van der Waals surface area contributed by atoms with Crippen LogP contribution in [0.4, 0.5) is 15.8 Å². The van der Waals surface area contributed by atoms with Crippen molar-refractivity contribution in [2.24, 2.45) is 5.41 Å². The van der Waals surface area contributed by atoms with Crippen LogP contribution < -0.4 is 10.6 Å². The van der Waals surface area contributed by atoms with Crippen LogP contribution in [0.1, 0.15) is 43.5 Å². The van der Waals surface area contributed by atoms with Crippen molar-refractivity contribution in [2.75, 3.05) is 30.8 Å². The van der Waals surface area contributed by atoms with Crippen LogP contribution in [0.15, 0.2) is 12.1 Å². The van der Waals surface area contributed by atoms with E-state index in [9.17, 15) is 9.18 Å². The third-order valence-electron chi connectivity index (χ3n) is 4.80. The summed E-state index contributed by atoms with van der Waals surface area (Å²) in [6.45, 7) is 5.95. The highest BCUT2D eigenvalue weighted by Gasteiger charge is 2.36. The molecule has 1 fully saturated rings. The van der Waals surface area contributed by atoms with Crippen LogP contribution >= 0.6 is 0 Å². The van der Waals surface area contributed by atoms with Crippen LogP contribution in [0.25, 0.3) is 0 Å². The molecular formula is C16H23FN2O2. The Morgan fingerprint density at radius 1 is 1.43 bits per heavy atom. The molecule has 1 aromatic rings. The summed E-state index contributed by atoms with van der Waals surface area (Å²) in [6.07, 6.45) is 3.18. The summed E-state index contributed by atoms with van der Waals surface area (Å²) in [5.41, 5.74) is 6.72. The van der Waals surface area contributed by atoms with Gasteiger partial charge in [-0.15, -0.1) is 0 Å². The number of carbonyl (C=O) groups excluding carboxylic acids is 1. The molecule has 5 heteroatoms. The van der Waals surface area contributed by atoms with E-state index in [4.69, 9.17) is 10.5 Å². The number of nitrogen functional groups attached to an aromatic ring is 1. The molecule has 0 aliphatic carbocycles.